The number of carbonyl (C=O) groups excluding carboxylic acids is 1. The highest BCUT2D eigenvalue weighted by atomic mass is 32.2. The zero-order valence-corrected chi connectivity index (χ0v) is 19.3. The van der Waals surface area contributed by atoms with Crippen LogP contribution in [0, 0.1) is 11.3 Å². The maximum absolute atomic E-state index is 13.0. The van der Waals surface area contributed by atoms with E-state index in [1.54, 1.807) is 46.8 Å². The molecule has 1 fully saturated rings. The molecule has 3 aromatic rings. The molecule has 0 radical (unpaired) electrons. The van der Waals surface area contributed by atoms with Crippen LogP contribution in [0.2, 0.25) is 0 Å². The van der Waals surface area contributed by atoms with Crippen LogP contribution in [-0.2, 0) is 39.6 Å². The molecule has 1 aliphatic rings. The van der Waals surface area contributed by atoms with Crippen LogP contribution in [0.3, 0.4) is 0 Å². The Morgan fingerprint density at radius 2 is 1.94 bits per heavy atom. The Bertz CT molecular complexity index is 1320. The molecule has 2 aromatic carbocycles. The van der Waals surface area contributed by atoms with Crippen molar-refractivity contribution in [1.29, 1.82) is 5.26 Å². The van der Waals surface area contributed by atoms with Gasteiger partial charge in [0, 0.05) is 26.6 Å². The number of carbonyl (C=O) groups is 1. The third-order valence-corrected chi connectivity index (χ3v) is 7.80. The fourth-order valence-corrected chi connectivity index (χ4v) is 5.59. The molecule has 0 bridgehead atoms. The van der Waals surface area contributed by atoms with E-state index < -0.39 is 10.0 Å². The lowest BCUT2D eigenvalue weighted by molar-refractivity contribution is -0.144. The van der Waals surface area contributed by atoms with E-state index in [1.807, 2.05) is 11.6 Å². The summed E-state index contributed by atoms with van der Waals surface area (Å²) < 4.78 is 34.7. The Morgan fingerprint density at radius 3 is 2.70 bits per heavy atom. The smallest absolute Gasteiger partial charge is 0.306 e. The van der Waals surface area contributed by atoms with Gasteiger partial charge < -0.3 is 9.30 Å². The van der Waals surface area contributed by atoms with Gasteiger partial charge in [-0.15, -0.1) is 0 Å². The SMILES string of the molecule is Cn1c(CCC(=O)OCc2cccc(C#N)c2)nc2cc(S(=O)(=O)N3CCCCC3)ccc21. The Kier molecular flexibility index (Phi) is 6.77. The molecular formula is C24H26N4O4S. The number of benzene rings is 2. The minimum Gasteiger partial charge on any atom is -0.461 e. The molecule has 0 aliphatic carbocycles. The van der Waals surface area contributed by atoms with Gasteiger partial charge in [-0.3, -0.25) is 4.79 Å². The van der Waals surface area contributed by atoms with E-state index in [0.717, 1.165) is 30.3 Å². The van der Waals surface area contributed by atoms with Crippen LogP contribution in [-0.4, -0.2) is 41.3 Å². The van der Waals surface area contributed by atoms with E-state index in [2.05, 4.69) is 11.1 Å². The standard InChI is InChI=1S/C24H26N4O4S/c1-27-22-9-8-20(33(30,31)28-12-3-2-4-13-28)15-21(22)26-23(27)10-11-24(29)32-17-19-7-5-6-18(14-19)16-25/h5-9,14-15H,2-4,10-13,17H2,1H3. The van der Waals surface area contributed by atoms with Gasteiger partial charge in [-0.05, 0) is 48.7 Å². The number of rotatable bonds is 7. The number of imidazole rings is 1. The van der Waals surface area contributed by atoms with E-state index in [4.69, 9.17) is 10.00 Å². The molecule has 0 spiro atoms. The summed E-state index contributed by atoms with van der Waals surface area (Å²) in [4.78, 5) is 17.1. The average Bonchev–Trinajstić information content (AvgIpc) is 3.16. The first kappa shape index (κ1) is 23.0. The van der Waals surface area contributed by atoms with E-state index in [-0.39, 0.29) is 23.9 Å². The van der Waals surface area contributed by atoms with Crippen LogP contribution >= 0.6 is 0 Å². The molecule has 1 saturated heterocycles. The number of aromatic nitrogens is 2. The van der Waals surface area contributed by atoms with Crippen LogP contribution in [0.5, 0.6) is 0 Å². The van der Waals surface area contributed by atoms with Gasteiger partial charge in [0.05, 0.1) is 34.0 Å². The molecule has 8 nitrogen and oxygen atoms in total. The summed E-state index contributed by atoms with van der Waals surface area (Å²) in [5, 5.41) is 8.96. The first-order chi connectivity index (χ1) is 15.9. The van der Waals surface area contributed by atoms with Crippen molar-refractivity contribution in [1.82, 2.24) is 13.9 Å². The van der Waals surface area contributed by atoms with Crippen molar-refractivity contribution in [3.63, 3.8) is 0 Å². The highest BCUT2D eigenvalue weighted by molar-refractivity contribution is 7.89. The summed E-state index contributed by atoms with van der Waals surface area (Å²) in [5.41, 5.74) is 2.68. The molecule has 0 saturated carbocycles. The number of esters is 1. The molecule has 172 valence electrons. The topological polar surface area (TPSA) is 105 Å². The number of fused-ring (bicyclic) bond motifs is 1. The monoisotopic (exact) mass is 466 g/mol. The van der Waals surface area contributed by atoms with Gasteiger partial charge in [0.1, 0.15) is 12.4 Å². The van der Waals surface area contributed by atoms with Crippen LogP contribution in [0.1, 0.15) is 42.6 Å². The molecule has 2 heterocycles. The molecule has 9 heteroatoms. The first-order valence-corrected chi connectivity index (χ1v) is 12.4. The van der Waals surface area contributed by atoms with E-state index in [1.165, 1.54) is 0 Å². The van der Waals surface area contributed by atoms with Crippen molar-refractivity contribution < 1.29 is 17.9 Å². The minimum atomic E-state index is -3.53. The van der Waals surface area contributed by atoms with E-state index >= 15 is 0 Å². The number of sulfonamides is 1. The molecule has 0 atom stereocenters. The molecule has 0 amide bonds. The molecule has 0 unspecified atom stereocenters. The Morgan fingerprint density at radius 1 is 1.15 bits per heavy atom. The summed E-state index contributed by atoms with van der Waals surface area (Å²) >= 11 is 0. The lowest BCUT2D eigenvalue weighted by atomic mass is 10.1. The normalized spacial score (nSPS) is 14.8. The zero-order chi connectivity index (χ0) is 23.4. The predicted octanol–water partition coefficient (Wildman–Crippen LogP) is 3.30. The van der Waals surface area contributed by atoms with Crippen molar-refractivity contribution >= 4 is 27.0 Å². The number of nitrogens with zero attached hydrogens (tertiary/aromatic N) is 4. The lowest BCUT2D eigenvalue weighted by Crippen LogP contribution is -2.35. The van der Waals surface area contributed by atoms with Gasteiger partial charge in [-0.2, -0.15) is 9.57 Å². The highest BCUT2D eigenvalue weighted by Crippen LogP contribution is 2.25. The van der Waals surface area contributed by atoms with Gasteiger partial charge in [0.15, 0.2) is 0 Å². The summed E-state index contributed by atoms with van der Waals surface area (Å²) in [6.07, 6.45) is 3.35. The first-order valence-electron chi connectivity index (χ1n) is 11.0. The number of hydrogen-bond donors (Lipinski definition) is 0. The maximum Gasteiger partial charge on any atom is 0.306 e. The van der Waals surface area contributed by atoms with Gasteiger partial charge in [-0.1, -0.05) is 18.6 Å². The predicted molar refractivity (Wildman–Crippen MR) is 123 cm³/mol. The summed E-state index contributed by atoms with van der Waals surface area (Å²) in [6.45, 7) is 1.21. The average molecular weight is 467 g/mol. The minimum absolute atomic E-state index is 0.106. The van der Waals surface area contributed by atoms with Gasteiger partial charge in [0.2, 0.25) is 10.0 Å². The molecule has 4 rings (SSSR count). The summed E-state index contributed by atoms with van der Waals surface area (Å²) in [7, 11) is -1.68. The molecule has 33 heavy (non-hydrogen) atoms. The third kappa shape index (κ3) is 5.07. The largest absolute Gasteiger partial charge is 0.461 e. The molecule has 0 N–H and O–H groups in total. The van der Waals surface area contributed by atoms with Gasteiger partial charge in [0.25, 0.3) is 0 Å². The zero-order valence-electron chi connectivity index (χ0n) is 18.5. The second-order valence-corrected chi connectivity index (χ2v) is 10.1. The third-order valence-electron chi connectivity index (χ3n) is 5.91. The summed E-state index contributed by atoms with van der Waals surface area (Å²) in [5.74, 6) is 0.318. The number of piperidine rings is 1. The van der Waals surface area contributed by atoms with Crippen molar-refractivity contribution in [3.8, 4) is 6.07 Å². The Hall–Kier alpha value is -3.22. The van der Waals surface area contributed by atoms with E-state index in [9.17, 15) is 13.2 Å². The van der Waals surface area contributed by atoms with Crippen LogP contribution < -0.4 is 0 Å². The van der Waals surface area contributed by atoms with Crippen molar-refractivity contribution in [2.45, 2.75) is 43.6 Å². The molecular weight excluding hydrogens is 440 g/mol. The molecule has 1 aromatic heterocycles. The van der Waals surface area contributed by atoms with Crippen LogP contribution in [0.15, 0.2) is 47.4 Å². The number of aryl methyl sites for hydroxylation is 2. The van der Waals surface area contributed by atoms with E-state index in [0.29, 0.717) is 36.4 Å². The highest BCUT2D eigenvalue weighted by Gasteiger charge is 2.26. The number of nitriles is 1. The van der Waals surface area contributed by atoms with Crippen molar-refractivity contribution in [3.05, 3.63) is 59.4 Å². The second-order valence-electron chi connectivity index (χ2n) is 8.18. The number of ether oxygens (including phenoxy) is 1. The fraction of sp³-hybridized carbons (Fsp3) is 0.375. The quantitative estimate of drug-likeness (QED) is 0.495. The Labute approximate surface area is 193 Å². The second kappa shape index (κ2) is 9.73. The summed E-state index contributed by atoms with van der Waals surface area (Å²) in [6, 6.07) is 14.0. The number of hydrogen-bond acceptors (Lipinski definition) is 6. The van der Waals surface area contributed by atoms with Gasteiger partial charge in [-0.25, -0.2) is 13.4 Å². The molecule has 1 aliphatic heterocycles. The van der Waals surface area contributed by atoms with Crippen molar-refractivity contribution in [2.24, 2.45) is 7.05 Å². The maximum atomic E-state index is 13.0. The Balaban J connectivity index is 1.42. The van der Waals surface area contributed by atoms with Gasteiger partial charge >= 0.3 is 5.97 Å². The van der Waals surface area contributed by atoms with Crippen LogP contribution in [0.25, 0.3) is 11.0 Å². The fourth-order valence-electron chi connectivity index (χ4n) is 4.05. The lowest BCUT2D eigenvalue weighted by Gasteiger charge is -2.25. The van der Waals surface area contributed by atoms with Crippen molar-refractivity contribution in [2.75, 3.05) is 13.1 Å². The van der Waals surface area contributed by atoms with Crippen LogP contribution in [0.4, 0.5) is 0 Å².